The minimum atomic E-state index is -0.941. The number of nitrogens with zero attached hydrogens (tertiary/aromatic N) is 3. The smallest absolute Gasteiger partial charge is 0.312 e. The SMILES string of the molecule is COc1ccc(-c2cc(-c3ccc(F)cc3F)c3c(N)c(C(=O)c4c([O-])on[n+]4-c4ccc(C)cc4)sc3n2)cc1. The first-order valence-corrected chi connectivity index (χ1v) is 13.1. The number of carbonyl (C=O) groups excluding carboxylic acids is 1. The lowest BCUT2D eigenvalue weighted by atomic mass is 9.98. The van der Waals surface area contributed by atoms with E-state index in [1.54, 1.807) is 61.7 Å². The third-order valence-electron chi connectivity index (χ3n) is 6.62. The van der Waals surface area contributed by atoms with Crippen molar-refractivity contribution in [1.82, 2.24) is 10.3 Å². The molecule has 0 saturated carbocycles. The van der Waals surface area contributed by atoms with Crippen LogP contribution in [0.2, 0.25) is 0 Å². The molecule has 2 N–H and O–H groups in total. The average Bonchev–Trinajstić information content (AvgIpc) is 3.52. The highest BCUT2D eigenvalue weighted by molar-refractivity contribution is 7.21. The number of nitrogens with two attached hydrogens (primary N) is 1. The number of hydrogen-bond donors (Lipinski definition) is 1. The lowest BCUT2D eigenvalue weighted by molar-refractivity contribution is -0.672. The van der Waals surface area contributed by atoms with Crippen molar-refractivity contribution < 1.29 is 32.6 Å². The number of carbonyl (C=O) groups is 1. The van der Waals surface area contributed by atoms with E-state index < -0.39 is 23.4 Å². The van der Waals surface area contributed by atoms with Gasteiger partial charge in [0.2, 0.25) is 5.69 Å². The number of ketones is 1. The van der Waals surface area contributed by atoms with Crippen LogP contribution in [0.3, 0.4) is 0 Å². The average molecular weight is 571 g/mol. The van der Waals surface area contributed by atoms with E-state index in [2.05, 4.69) is 5.27 Å². The lowest BCUT2D eigenvalue weighted by Gasteiger charge is -2.10. The van der Waals surface area contributed by atoms with Crippen molar-refractivity contribution in [1.29, 1.82) is 0 Å². The molecule has 3 aromatic heterocycles. The van der Waals surface area contributed by atoms with Crippen molar-refractivity contribution in [2.24, 2.45) is 0 Å². The maximum absolute atomic E-state index is 15.1. The first-order chi connectivity index (χ1) is 19.7. The van der Waals surface area contributed by atoms with Gasteiger partial charge in [-0.1, -0.05) is 17.7 Å². The Morgan fingerprint density at radius 2 is 1.76 bits per heavy atom. The van der Waals surface area contributed by atoms with Crippen molar-refractivity contribution in [2.45, 2.75) is 6.92 Å². The fourth-order valence-corrected chi connectivity index (χ4v) is 5.59. The Labute approximate surface area is 235 Å². The van der Waals surface area contributed by atoms with Crippen molar-refractivity contribution >= 4 is 33.0 Å². The molecule has 0 amide bonds. The minimum absolute atomic E-state index is 0.00133. The number of hydrogen-bond acceptors (Lipinski definition) is 8. The molecule has 0 aliphatic carbocycles. The summed E-state index contributed by atoms with van der Waals surface area (Å²) in [6, 6.07) is 18.9. The van der Waals surface area contributed by atoms with E-state index in [1.165, 1.54) is 6.07 Å². The molecule has 0 atom stereocenters. The van der Waals surface area contributed by atoms with E-state index >= 15 is 4.39 Å². The van der Waals surface area contributed by atoms with Gasteiger partial charge in [-0.05, 0) is 59.6 Å². The van der Waals surface area contributed by atoms with Crippen molar-refractivity contribution in [2.75, 3.05) is 12.8 Å². The zero-order valence-corrected chi connectivity index (χ0v) is 22.5. The molecular weight excluding hydrogens is 550 g/mol. The van der Waals surface area contributed by atoms with Gasteiger partial charge >= 0.3 is 5.69 Å². The van der Waals surface area contributed by atoms with Gasteiger partial charge in [-0.2, -0.15) is 0 Å². The van der Waals surface area contributed by atoms with Gasteiger partial charge < -0.3 is 20.1 Å². The fraction of sp³-hybridized carbons (Fsp3) is 0.0667. The Kier molecular flexibility index (Phi) is 6.43. The lowest BCUT2D eigenvalue weighted by Crippen LogP contribution is -2.39. The topological polar surface area (TPSA) is 118 Å². The molecule has 8 nitrogen and oxygen atoms in total. The first kappa shape index (κ1) is 26.1. The minimum Gasteiger partial charge on any atom is -0.539 e. The molecule has 0 fully saturated rings. The third-order valence-corrected chi connectivity index (χ3v) is 7.71. The van der Waals surface area contributed by atoms with Crippen molar-refractivity contribution in [3.05, 3.63) is 101 Å². The van der Waals surface area contributed by atoms with Gasteiger partial charge in [0.15, 0.2) is 5.95 Å². The number of nitrogen functional groups attached to an aromatic ring is 1. The number of fused-ring (bicyclic) bond motifs is 1. The van der Waals surface area contributed by atoms with E-state index in [1.807, 2.05) is 6.92 Å². The molecule has 0 unspecified atom stereocenters. The van der Waals surface area contributed by atoms with Crippen LogP contribution in [0.5, 0.6) is 11.7 Å². The summed E-state index contributed by atoms with van der Waals surface area (Å²) in [5.41, 5.74) is 9.12. The predicted octanol–water partition coefficient (Wildman–Crippen LogP) is 5.38. The van der Waals surface area contributed by atoms with Gasteiger partial charge in [0, 0.05) is 34.7 Å². The zero-order chi connectivity index (χ0) is 28.8. The number of methoxy groups -OCH3 is 1. The summed E-state index contributed by atoms with van der Waals surface area (Å²) in [5, 5.41) is 16.7. The summed E-state index contributed by atoms with van der Waals surface area (Å²) in [5.74, 6) is -2.58. The maximum Gasteiger partial charge on any atom is 0.312 e. The molecule has 6 rings (SSSR count). The summed E-state index contributed by atoms with van der Waals surface area (Å²) >= 11 is 0.951. The van der Waals surface area contributed by atoms with Gasteiger partial charge in [0.05, 0.1) is 23.8 Å². The molecule has 0 aliphatic rings. The van der Waals surface area contributed by atoms with Gasteiger partial charge in [0.25, 0.3) is 5.78 Å². The van der Waals surface area contributed by atoms with Crippen LogP contribution >= 0.6 is 11.3 Å². The Balaban J connectivity index is 1.56. The monoisotopic (exact) mass is 570 g/mol. The first-order valence-electron chi connectivity index (χ1n) is 12.3. The number of pyridine rings is 1. The number of anilines is 1. The quantitative estimate of drug-likeness (QED) is 0.211. The maximum atomic E-state index is 15.1. The van der Waals surface area contributed by atoms with E-state index in [0.29, 0.717) is 38.5 Å². The summed E-state index contributed by atoms with van der Waals surface area (Å²) in [4.78, 5) is 18.9. The summed E-state index contributed by atoms with van der Waals surface area (Å²) in [7, 11) is 1.55. The fourth-order valence-electron chi connectivity index (χ4n) is 4.53. The summed E-state index contributed by atoms with van der Waals surface area (Å²) in [6.07, 6.45) is 0. The number of thiophene rings is 1. The van der Waals surface area contributed by atoms with Gasteiger partial charge in [-0.25, -0.2) is 13.8 Å². The van der Waals surface area contributed by atoms with Gasteiger partial charge in [0.1, 0.15) is 27.1 Å². The zero-order valence-electron chi connectivity index (χ0n) is 21.6. The van der Waals surface area contributed by atoms with Crippen LogP contribution in [0, 0.1) is 18.6 Å². The number of aromatic nitrogens is 3. The molecule has 6 aromatic rings. The molecule has 11 heteroatoms. The second-order valence-corrected chi connectivity index (χ2v) is 10.2. The second kappa shape index (κ2) is 10.1. The molecule has 0 aliphatic heterocycles. The van der Waals surface area contributed by atoms with Crippen LogP contribution < -0.4 is 20.3 Å². The number of benzene rings is 3. The van der Waals surface area contributed by atoms with Crippen LogP contribution in [-0.2, 0) is 0 Å². The van der Waals surface area contributed by atoms with E-state index in [4.69, 9.17) is 20.0 Å². The van der Waals surface area contributed by atoms with E-state index in [-0.39, 0.29) is 21.8 Å². The molecule has 41 heavy (non-hydrogen) atoms. The number of ether oxygens (including phenoxy) is 1. The van der Waals surface area contributed by atoms with Crippen LogP contribution in [0.15, 0.2) is 77.3 Å². The molecular formula is C30H20F2N4O4S. The van der Waals surface area contributed by atoms with Crippen LogP contribution in [0.1, 0.15) is 20.9 Å². The molecule has 0 spiro atoms. The Morgan fingerprint density at radius 1 is 1.02 bits per heavy atom. The Morgan fingerprint density at radius 3 is 2.44 bits per heavy atom. The highest BCUT2D eigenvalue weighted by Crippen LogP contribution is 2.43. The normalized spacial score (nSPS) is 11.2. The molecule has 204 valence electrons. The van der Waals surface area contributed by atoms with Gasteiger partial charge in [-0.15, -0.1) is 11.3 Å². The van der Waals surface area contributed by atoms with Crippen LogP contribution in [0.4, 0.5) is 14.5 Å². The largest absolute Gasteiger partial charge is 0.539 e. The Bertz CT molecular complexity index is 1950. The molecule has 0 radical (unpaired) electrons. The van der Waals surface area contributed by atoms with Crippen molar-refractivity contribution in [3.63, 3.8) is 0 Å². The highest BCUT2D eigenvalue weighted by atomic mass is 32.1. The number of halogens is 2. The predicted molar refractivity (Wildman–Crippen MR) is 147 cm³/mol. The molecule has 0 bridgehead atoms. The third kappa shape index (κ3) is 4.55. The summed E-state index contributed by atoms with van der Waals surface area (Å²) < 4.78 is 40.1. The van der Waals surface area contributed by atoms with Crippen LogP contribution in [-0.4, -0.2) is 23.1 Å². The Hall–Kier alpha value is -5.16. The van der Waals surface area contributed by atoms with E-state index in [0.717, 1.165) is 33.7 Å². The number of aryl methyl sites for hydroxylation is 1. The van der Waals surface area contributed by atoms with Crippen molar-refractivity contribution in [3.8, 4) is 39.8 Å². The van der Waals surface area contributed by atoms with Crippen LogP contribution in [0.25, 0.3) is 38.3 Å². The number of rotatable bonds is 6. The second-order valence-electron chi connectivity index (χ2n) is 9.22. The van der Waals surface area contributed by atoms with Gasteiger partial charge in [-0.3, -0.25) is 4.79 Å². The molecule has 0 saturated heterocycles. The molecule has 3 heterocycles. The standard InChI is InChI=1S/C30H20F2N4O4S/c1-15-3-8-18(9-4-15)36-26(30(38)40-35-36)27(37)28-25(33)24-21(20-12-7-17(31)13-22(20)32)14-23(34-29(24)41-28)16-5-10-19(39-2)11-6-16/h3-14H,1-2H3,(H2-,33,35,37,38). The summed E-state index contributed by atoms with van der Waals surface area (Å²) in [6.45, 7) is 1.90. The highest BCUT2D eigenvalue weighted by Gasteiger charge is 2.33. The van der Waals surface area contributed by atoms with E-state index in [9.17, 15) is 14.3 Å². The molecule has 3 aromatic carbocycles.